The number of benzene rings is 2. The molecule has 2 rings (SSSR count). The van der Waals surface area contributed by atoms with Crippen molar-refractivity contribution in [3.63, 3.8) is 0 Å². The van der Waals surface area contributed by atoms with Gasteiger partial charge in [0.05, 0.1) is 26.9 Å². The number of carbonyl (C=O) groups excluding carboxylic acids is 1. The van der Waals surface area contributed by atoms with Crippen molar-refractivity contribution in [2.24, 2.45) is 0 Å². The van der Waals surface area contributed by atoms with Crippen LogP contribution in [0, 0.1) is 0 Å². The molecule has 0 heterocycles. The summed E-state index contributed by atoms with van der Waals surface area (Å²) in [5.41, 5.74) is 1.75. The maximum atomic E-state index is 12.1. The van der Waals surface area contributed by atoms with Crippen LogP contribution in [0.25, 0.3) is 11.1 Å². The highest BCUT2D eigenvalue weighted by Crippen LogP contribution is 2.40. The van der Waals surface area contributed by atoms with E-state index in [1.807, 2.05) is 30.3 Å². The van der Waals surface area contributed by atoms with Crippen molar-refractivity contribution < 1.29 is 24.0 Å². The SMILES string of the molecule is COOC(=O)c1ccc(OC)c(OC)c1-c1ccccc1. The van der Waals surface area contributed by atoms with E-state index in [9.17, 15) is 4.79 Å². The van der Waals surface area contributed by atoms with Gasteiger partial charge in [0.25, 0.3) is 0 Å². The van der Waals surface area contributed by atoms with Crippen LogP contribution < -0.4 is 9.47 Å². The summed E-state index contributed by atoms with van der Waals surface area (Å²) in [5, 5.41) is 0. The summed E-state index contributed by atoms with van der Waals surface area (Å²) in [6, 6.07) is 12.7. The lowest BCUT2D eigenvalue weighted by Gasteiger charge is -2.16. The van der Waals surface area contributed by atoms with E-state index < -0.39 is 5.97 Å². The van der Waals surface area contributed by atoms with E-state index in [4.69, 9.17) is 9.47 Å². The van der Waals surface area contributed by atoms with Crippen LogP contribution in [-0.4, -0.2) is 27.3 Å². The van der Waals surface area contributed by atoms with Crippen molar-refractivity contribution in [1.82, 2.24) is 0 Å². The minimum absolute atomic E-state index is 0.334. The Labute approximate surface area is 122 Å². The smallest absolute Gasteiger partial charge is 0.373 e. The largest absolute Gasteiger partial charge is 0.493 e. The molecular formula is C16H16O5. The second-order valence-corrected chi connectivity index (χ2v) is 4.13. The molecule has 2 aromatic carbocycles. The predicted octanol–water partition coefficient (Wildman–Crippen LogP) is 3.09. The Morgan fingerprint density at radius 3 is 2.19 bits per heavy atom. The zero-order valence-electron chi connectivity index (χ0n) is 12.1. The van der Waals surface area contributed by atoms with Crippen LogP contribution >= 0.6 is 0 Å². The molecule has 0 unspecified atom stereocenters. The van der Waals surface area contributed by atoms with Gasteiger partial charge in [-0.3, -0.25) is 4.89 Å². The normalized spacial score (nSPS) is 10.0. The average molecular weight is 288 g/mol. The molecule has 0 bridgehead atoms. The molecule has 0 radical (unpaired) electrons. The van der Waals surface area contributed by atoms with Gasteiger partial charge < -0.3 is 9.47 Å². The van der Waals surface area contributed by atoms with Gasteiger partial charge in [0.15, 0.2) is 11.5 Å². The molecule has 5 heteroatoms. The predicted molar refractivity (Wildman–Crippen MR) is 77.4 cm³/mol. The van der Waals surface area contributed by atoms with E-state index in [0.717, 1.165) is 5.56 Å². The summed E-state index contributed by atoms with van der Waals surface area (Å²) in [7, 11) is 4.34. The van der Waals surface area contributed by atoms with Gasteiger partial charge in [-0.25, -0.2) is 4.79 Å². The number of ether oxygens (including phenoxy) is 2. The van der Waals surface area contributed by atoms with Gasteiger partial charge in [0, 0.05) is 5.56 Å². The Morgan fingerprint density at radius 1 is 0.905 bits per heavy atom. The molecule has 0 aliphatic heterocycles. The van der Waals surface area contributed by atoms with Gasteiger partial charge in [-0.05, 0) is 17.7 Å². The van der Waals surface area contributed by atoms with E-state index in [0.29, 0.717) is 22.6 Å². The third-order valence-corrected chi connectivity index (χ3v) is 2.99. The van der Waals surface area contributed by atoms with Crippen molar-refractivity contribution in [3.8, 4) is 22.6 Å². The summed E-state index contributed by atoms with van der Waals surface area (Å²) in [4.78, 5) is 21.1. The maximum Gasteiger partial charge on any atom is 0.373 e. The van der Waals surface area contributed by atoms with Gasteiger partial charge in [-0.15, -0.1) is 0 Å². The minimum Gasteiger partial charge on any atom is -0.493 e. The topological polar surface area (TPSA) is 54.0 Å². The summed E-state index contributed by atoms with van der Waals surface area (Å²) >= 11 is 0. The molecule has 2 aromatic rings. The van der Waals surface area contributed by atoms with Crippen LogP contribution in [0.2, 0.25) is 0 Å². The van der Waals surface area contributed by atoms with Crippen molar-refractivity contribution in [2.75, 3.05) is 21.3 Å². The molecule has 0 aliphatic rings. The second kappa shape index (κ2) is 6.76. The van der Waals surface area contributed by atoms with E-state index in [2.05, 4.69) is 9.78 Å². The summed E-state index contributed by atoms with van der Waals surface area (Å²) in [6.07, 6.45) is 0. The summed E-state index contributed by atoms with van der Waals surface area (Å²) in [5.74, 6) is 0.400. The van der Waals surface area contributed by atoms with Crippen LogP contribution in [0.4, 0.5) is 0 Å². The second-order valence-electron chi connectivity index (χ2n) is 4.13. The molecule has 0 atom stereocenters. The van der Waals surface area contributed by atoms with E-state index in [-0.39, 0.29) is 0 Å². The monoisotopic (exact) mass is 288 g/mol. The molecule has 0 saturated carbocycles. The lowest BCUT2D eigenvalue weighted by atomic mass is 9.98. The summed E-state index contributed by atoms with van der Waals surface area (Å²) < 4.78 is 10.7. The van der Waals surface area contributed by atoms with E-state index in [1.54, 1.807) is 19.2 Å². The molecule has 110 valence electrons. The molecule has 0 spiro atoms. The van der Waals surface area contributed by atoms with Crippen LogP contribution in [0.1, 0.15) is 10.4 Å². The minimum atomic E-state index is -0.600. The van der Waals surface area contributed by atoms with Crippen molar-refractivity contribution >= 4 is 5.97 Å². The molecule has 0 N–H and O–H groups in total. The fourth-order valence-corrected chi connectivity index (χ4v) is 2.11. The van der Waals surface area contributed by atoms with Gasteiger partial charge in [-0.1, -0.05) is 30.3 Å². The molecule has 21 heavy (non-hydrogen) atoms. The van der Waals surface area contributed by atoms with E-state index in [1.165, 1.54) is 14.2 Å². The van der Waals surface area contributed by atoms with Crippen molar-refractivity contribution in [3.05, 3.63) is 48.0 Å². The Morgan fingerprint density at radius 2 is 1.62 bits per heavy atom. The number of hydrogen-bond donors (Lipinski definition) is 0. The standard InChI is InChI=1S/C16H16O5/c1-18-13-10-9-12(16(17)21-20-3)14(15(13)19-2)11-7-5-4-6-8-11/h4-10H,1-3H3. The lowest BCUT2D eigenvalue weighted by Crippen LogP contribution is -2.07. The zero-order chi connectivity index (χ0) is 15.2. The molecule has 5 nitrogen and oxygen atoms in total. The highest BCUT2D eigenvalue weighted by molar-refractivity contribution is 5.99. The maximum absolute atomic E-state index is 12.1. The third kappa shape index (κ3) is 2.98. The molecule has 0 fully saturated rings. The Hall–Kier alpha value is -2.53. The first-order valence-electron chi connectivity index (χ1n) is 6.28. The van der Waals surface area contributed by atoms with Gasteiger partial charge in [-0.2, -0.15) is 4.89 Å². The van der Waals surface area contributed by atoms with Crippen molar-refractivity contribution in [1.29, 1.82) is 0 Å². The highest BCUT2D eigenvalue weighted by atomic mass is 17.2. The fraction of sp³-hybridized carbons (Fsp3) is 0.188. The number of methoxy groups -OCH3 is 2. The Balaban J connectivity index is 2.69. The lowest BCUT2D eigenvalue weighted by molar-refractivity contribution is -0.216. The molecule has 0 amide bonds. The number of hydrogen-bond acceptors (Lipinski definition) is 5. The summed E-state index contributed by atoms with van der Waals surface area (Å²) in [6.45, 7) is 0. The van der Waals surface area contributed by atoms with Crippen molar-refractivity contribution in [2.45, 2.75) is 0 Å². The third-order valence-electron chi connectivity index (χ3n) is 2.99. The van der Waals surface area contributed by atoms with Crippen LogP contribution in [0.5, 0.6) is 11.5 Å². The first-order chi connectivity index (χ1) is 10.2. The average Bonchev–Trinajstić information content (AvgIpc) is 2.54. The molecule has 0 aliphatic carbocycles. The molecule has 0 aromatic heterocycles. The van der Waals surface area contributed by atoms with Gasteiger partial charge in [0.2, 0.25) is 0 Å². The molecule has 0 saturated heterocycles. The highest BCUT2D eigenvalue weighted by Gasteiger charge is 2.22. The fourth-order valence-electron chi connectivity index (χ4n) is 2.11. The Bertz CT molecular complexity index is 622. The number of rotatable bonds is 5. The first-order valence-corrected chi connectivity index (χ1v) is 6.28. The quantitative estimate of drug-likeness (QED) is 0.625. The zero-order valence-corrected chi connectivity index (χ0v) is 12.1. The number of carbonyl (C=O) groups is 1. The Kier molecular flexibility index (Phi) is 4.79. The van der Waals surface area contributed by atoms with Crippen LogP contribution in [-0.2, 0) is 9.78 Å². The van der Waals surface area contributed by atoms with Crippen LogP contribution in [0.15, 0.2) is 42.5 Å². The first kappa shape index (κ1) is 14.9. The van der Waals surface area contributed by atoms with Crippen LogP contribution in [0.3, 0.4) is 0 Å². The molecular weight excluding hydrogens is 272 g/mol. The van der Waals surface area contributed by atoms with Gasteiger partial charge in [0.1, 0.15) is 0 Å². The van der Waals surface area contributed by atoms with E-state index >= 15 is 0 Å². The van der Waals surface area contributed by atoms with Gasteiger partial charge >= 0.3 is 5.97 Å².